The number of benzene rings is 1. The van der Waals surface area contributed by atoms with E-state index < -0.39 is 17.8 Å². The molecule has 8 nitrogen and oxygen atoms in total. The Morgan fingerprint density at radius 3 is 2.38 bits per heavy atom. The molecule has 4 rings (SSSR count). The van der Waals surface area contributed by atoms with Crippen LogP contribution in [0, 0.1) is 0 Å². The third-order valence-electron chi connectivity index (χ3n) is 5.28. The lowest BCUT2D eigenvalue weighted by Crippen LogP contribution is -2.42. The highest BCUT2D eigenvalue weighted by Gasteiger charge is 2.32. The van der Waals surface area contributed by atoms with Crippen LogP contribution < -0.4 is 20.1 Å². The Kier molecular flexibility index (Phi) is 6.63. The predicted octanol–water partition coefficient (Wildman–Crippen LogP) is 3.78. The topological polar surface area (TPSA) is 94.6 Å². The van der Waals surface area contributed by atoms with Crippen LogP contribution in [0.1, 0.15) is 31.2 Å². The third-order valence-corrected chi connectivity index (χ3v) is 5.28. The van der Waals surface area contributed by atoms with Crippen molar-refractivity contribution in [2.24, 2.45) is 0 Å². The van der Waals surface area contributed by atoms with Crippen LogP contribution in [0.5, 0.6) is 11.8 Å². The van der Waals surface area contributed by atoms with Gasteiger partial charge in [-0.2, -0.15) is 13.2 Å². The number of amides is 2. The average Bonchev–Trinajstić information content (AvgIpc) is 2.73. The molecule has 2 aromatic rings. The quantitative estimate of drug-likeness (QED) is 0.693. The van der Waals surface area contributed by atoms with Crippen molar-refractivity contribution in [3.05, 3.63) is 42.2 Å². The number of carbonyl (C=O) groups excluding carboxylic acids is 1. The van der Waals surface area contributed by atoms with E-state index in [0.717, 1.165) is 12.1 Å². The zero-order valence-electron chi connectivity index (χ0n) is 17.1. The number of hydrogen-bond acceptors (Lipinski definition) is 6. The Bertz CT molecular complexity index is 917. The molecule has 1 saturated heterocycles. The SMILES string of the molecule is O=C(Nc1cc(C(F)(F)F)ccc1OC1COC1)NC1CCC(Oc2ncccn2)CC1. The fraction of sp³-hybridized carbons (Fsp3) is 0.476. The van der Waals surface area contributed by atoms with Crippen molar-refractivity contribution in [2.45, 2.75) is 50.1 Å². The van der Waals surface area contributed by atoms with E-state index in [0.29, 0.717) is 44.9 Å². The molecule has 0 atom stereocenters. The monoisotopic (exact) mass is 452 g/mol. The van der Waals surface area contributed by atoms with Crippen molar-refractivity contribution < 1.29 is 32.2 Å². The van der Waals surface area contributed by atoms with E-state index >= 15 is 0 Å². The van der Waals surface area contributed by atoms with Gasteiger partial charge in [-0.05, 0) is 49.9 Å². The normalized spacial score (nSPS) is 21.3. The van der Waals surface area contributed by atoms with Crippen molar-refractivity contribution >= 4 is 11.7 Å². The van der Waals surface area contributed by atoms with Crippen LogP contribution in [-0.2, 0) is 10.9 Å². The summed E-state index contributed by atoms with van der Waals surface area (Å²) in [6.07, 6.45) is 1.09. The van der Waals surface area contributed by atoms with Gasteiger partial charge in [0.25, 0.3) is 0 Å². The number of alkyl halides is 3. The molecule has 2 fully saturated rings. The highest BCUT2D eigenvalue weighted by Crippen LogP contribution is 2.36. The zero-order chi connectivity index (χ0) is 22.6. The summed E-state index contributed by atoms with van der Waals surface area (Å²) >= 11 is 0. The minimum absolute atomic E-state index is 0.0394. The second-order valence-electron chi connectivity index (χ2n) is 7.71. The highest BCUT2D eigenvalue weighted by molar-refractivity contribution is 5.91. The molecule has 1 aromatic carbocycles. The standard InChI is InChI=1S/C21H23F3N4O4/c22-21(23,24)13-2-7-18(31-16-11-30-12-16)17(10-13)28-19(29)27-14-3-5-15(6-4-14)32-20-25-8-1-9-26-20/h1-2,7-10,14-16H,3-6,11-12H2,(H2,27,28,29). The van der Waals surface area contributed by atoms with Gasteiger partial charge in [0.1, 0.15) is 18.0 Å². The van der Waals surface area contributed by atoms with E-state index in [-0.39, 0.29) is 29.7 Å². The number of rotatable bonds is 6. The van der Waals surface area contributed by atoms with Gasteiger partial charge in [0.15, 0.2) is 0 Å². The lowest BCUT2D eigenvalue weighted by Gasteiger charge is -2.29. The van der Waals surface area contributed by atoms with Crippen LogP contribution in [0.3, 0.4) is 0 Å². The summed E-state index contributed by atoms with van der Waals surface area (Å²) in [6.45, 7) is 0.706. The van der Waals surface area contributed by atoms with Gasteiger partial charge in [-0.3, -0.25) is 0 Å². The van der Waals surface area contributed by atoms with E-state index in [1.54, 1.807) is 18.5 Å². The van der Waals surface area contributed by atoms with Crippen molar-refractivity contribution in [1.29, 1.82) is 0 Å². The molecule has 0 radical (unpaired) electrons. The molecule has 172 valence electrons. The van der Waals surface area contributed by atoms with Crippen LogP contribution in [0.15, 0.2) is 36.7 Å². The van der Waals surface area contributed by atoms with E-state index in [9.17, 15) is 18.0 Å². The summed E-state index contributed by atoms with van der Waals surface area (Å²) in [5, 5.41) is 5.33. The second-order valence-corrected chi connectivity index (χ2v) is 7.71. The van der Waals surface area contributed by atoms with Gasteiger partial charge < -0.3 is 24.8 Å². The first-order chi connectivity index (χ1) is 15.4. The molecule has 1 aliphatic heterocycles. The summed E-state index contributed by atoms with van der Waals surface area (Å²) < 4.78 is 55.8. The van der Waals surface area contributed by atoms with Gasteiger partial charge in [-0.15, -0.1) is 0 Å². The summed E-state index contributed by atoms with van der Waals surface area (Å²) in [6, 6.07) is 4.32. The smallest absolute Gasteiger partial charge is 0.416 e. The van der Waals surface area contributed by atoms with Gasteiger partial charge in [-0.25, -0.2) is 14.8 Å². The average molecular weight is 452 g/mol. The van der Waals surface area contributed by atoms with E-state index in [1.807, 2.05) is 0 Å². The van der Waals surface area contributed by atoms with Crippen LogP contribution in [0.25, 0.3) is 0 Å². The van der Waals surface area contributed by atoms with Crippen LogP contribution in [0.4, 0.5) is 23.7 Å². The Morgan fingerprint density at radius 1 is 1.03 bits per heavy atom. The van der Waals surface area contributed by atoms with Crippen LogP contribution >= 0.6 is 0 Å². The first kappa shape index (κ1) is 22.1. The van der Waals surface area contributed by atoms with Crippen molar-refractivity contribution in [3.8, 4) is 11.8 Å². The molecular weight excluding hydrogens is 429 g/mol. The third kappa shape index (κ3) is 5.78. The maximum atomic E-state index is 13.1. The van der Waals surface area contributed by atoms with Gasteiger partial charge in [-0.1, -0.05) is 0 Å². The maximum Gasteiger partial charge on any atom is 0.416 e. The highest BCUT2D eigenvalue weighted by atomic mass is 19.4. The molecule has 11 heteroatoms. The number of halogens is 3. The molecule has 1 aromatic heterocycles. The van der Waals surface area contributed by atoms with Gasteiger partial charge in [0, 0.05) is 18.4 Å². The molecule has 1 aliphatic carbocycles. The largest absolute Gasteiger partial charge is 0.483 e. The Hall–Kier alpha value is -3.08. The molecule has 0 unspecified atom stereocenters. The Morgan fingerprint density at radius 2 is 1.75 bits per heavy atom. The molecular formula is C21H23F3N4O4. The molecule has 0 bridgehead atoms. The Labute approximate surface area is 182 Å². The number of anilines is 1. The number of nitrogens with one attached hydrogen (secondary N) is 2. The second kappa shape index (κ2) is 9.60. The maximum absolute atomic E-state index is 13.1. The minimum Gasteiger partial charge on any atom is -0.483 e. The zero-order valence-corrected chi connectivity index (χ0v) is 17.1. The fourth-order valence-electron chi connectivity index (χ4n) is 3.53. The lowest BCUT2D eigenvalue weighted by molar-refractivity contribution is -0.137. The fourth-order valence-corrected chi connectivity index (χ4v) is 3.53. The predicted molar refractivity (Wildman–Crippen MR) is 108 cm³/mol. The first-order valence-corrected chi connectivity index (χ1v) is 10.3. The number of hydrogen-bond donors (Lipinski definition) is 2. The molecule has 0 spiro atoms. The number of carbonyl (C=O) groups is 1. The Balaban J connectivity index is 1.33. The van der Waals surface area contributed by atoms with Gasteiger partial charge >= 0.3 is 18.2 Å². The van der Waals surface area contributed by atoms with Crippen LogP contribution in [-0.4, -0.2) is 47.5 Å². The lowest BCUT2D eigenvalue weighted by atomic mass is 9.93. The van der Waals surface area contributed by atoms with Gasteiger partial charge in [0.2, 0.25) is 0 Å². The first-order valence-electron chi connectivity index (χ1n) is 10.3. The number of ether oxygens (including phenoxy) is 3. The number of nitrogens with zero attached hydrogens (tertiary/aromatic N) is 2. The summed E-state index contributed by atoms with van der Waals surface area (Å²) in [5.74, 6) is 0.168. The van der Waals surface area contributed by atoms with Gasteiger partial charge in [0.05, 0.1) is 24.5 Å². The number of urea groups is 1. The summed E-state index contributed by atoms with van der Waals surface area (Å²) in [5.41, 5.74) is -0.909. The summed E-state index contributed by atoms with van der Waals surface area (Å²) in [7, 11) is 0. The van der Waals surface area contributed by atoms with Crippen molar-refractivity contribution in [2.75, 3.05) is 18.5 Å². The van der Waals surface area contributed by atoms with Crippen molar-refractivity contribution in [1.82, 2.24) is 15.3 Å². The van der Waals surface area contributed by atoms with E-state index in [4.69, 9.17) is 14.2 Å². The molecule has 2 amide bonds. The molecule has 32 heavy (non-hydrogen) atoms. The minimum atomic E-state index is -4.54. The van der Waals surface area contributed by atoms with E-state index in [1.165, 1.54) is 6.07 Å². The number of aromatic nitrogens is 2. The molecule has 2 heterocycles. The molecule has 2 N–H and O–H groups in total. The van der Waals surface area contributed by atoms with Crippen LogP contribution in [0.2, 0.25) is 0 Å². The summed E-state index contributed by atoms with van der Waals surface area (Å²) in [4.78, 5) is 20.6. The molecule has 1 saturated carbocycles. The molecule has 2 aliphatic rings. The van der Waals surface area contributed by atoms with E-state index in [2.05, 4.69) is 20.6 Å². The van der Waals surface area contributed by atoms with Crippen molar-refractivity contribution in [3.63, 3.8) is 0 Å².